The number of anilines is 1. The second-order valence-electron chi connectivity index (χ2n) is 8.99. The predicted octanol–water partition coefficient (Wildman–Crippen LogP) is 3.86. The molecule has 2 aromatic heterocycles. The highest BCUT2D eigenvalue weighted by atomic mass is 16.5. The molecule has 0 aliphatic carbocycles. The van der Waals surface area contributed by atoms with E-state index in [4.69, 9.17) is 4.74 Å². The van der Waals surface area contributed by atoms with Crippen LogP contribution in [0.25, 0.3) is 22.4 Å². The summed E-state index contributed by atoms with van der Waals surface area (Å²) in [6, 6.07) is 5.35. The summed E-state index contributed by atoms with van der Waals surface area (Å²) in [7, 11) is 3.35. The number of methoxy groups -OCH3 is 1. The summed E-state index contributed by atoms with van der Waals surface area (Å²) >= 11 is 0. The molecular formula is C24H26N4O4. The number of nitrogens with one attached hydrogen (secondary N) is 1. The first-order valence-corrected chi connectivity index (χ1v) is 10.3. The average Bonchev–Trinajstić information content (AvgIpc) is 2.76. The Morgan fingerprint density at radius 3 is 2.44 bits per heavy atom. The molecule has 3 aromatic rings. The summed E-state index contributed by atoms with van der Waals surface area (Å²) in [5.41, 5.74) is 3.37. The fourth-order valence-electron chi connectivity index (χ4n) is 4.24. The van der Waals surface area contributed by atoms with E-state index in [2.05, 4.69) is 42.1 Å². The van der Waals surface area contributed by atoms with Gasteiger partial charge in [-0.15, -0.1) is 0 Å². The Morgan fingerprint density at radius 1 is 1.19 bits per heavy atom. The average molecular weight is 434 g/mol. The number of hydrogen-bond donors (Lipinski definition) is 2. The molecule has 0 radical (unpaired) electrons. The van der Waals surface area contributed by atoms with E-state index in [9.17, 15) is 14.7 Å². The van der Waals surface area contributed by atoms with Gasteiger partial charge in [-0.25, -0.2) is 14.8 Å². The van der Waals surface area contributed by atoms with Crippen molar-refractivity contribution in [2.24, 2.45) is 5.41 Å². The highest BCUT2D eigenvalue weighted by molar-refractivity contribution is 5.88. The van der Waals surface area contributed by atoms with Gasteiger partial charge in [0.1, 0.15) is 11.3 Å². The zero-order valence-corrected chi connectivity index (χ0v) is 18.8. The highest BCUT2D eigenvalue weighted by Gasteiger charge is 2.34. The Hall–Kier alpha value is -3.68. The van der Waals surface area contributed by atoms with Crippen LogP contribution in [0.1, 0.15) is 42.7 Å². The molecular weight excluding hydrogens is 408 g/mol. The first kappa shape index (κ1) is 21.5. The number of benzene rings is 1. The summed E-state index contributed by atoms with van der Waals surface area (Å²) in [5.74, 6) is -0.0669. The maximum atomic E-state index is 12.6. The number of carboxylic acids is 1. The van der Waals surface area contributed by atoms with Gasteiger partial charge in [-0.3, -0.25) is 4.79 Å². The van der Waals surface area contributed by atoms with Gasteiger partial charge in [0, 0.05) is 54.4 Å². The van der Waals surface area contributed by atoms with Crippen LogP contribution in [0.2, 0.25) is 0 Å². The van der Waals surface area contributed by atoms with Crippen LogP contribution in [0.3, 0.4) is 0 Å². The molecule has 0 amide bonds. The SMILES string of the molecule is CNc1ncc(-c2cc3c(cc2OC)-c2cc(=O)c(C(=O)O)cn2C(C(C)(C)C)C3)cn1. The summed E-state index contributed by atoms with van der Waals surface area (Å²) in [4.78, 5) is 32.8. The molecule has 0 saturated heterocycles. The highest BCUT2D eigenvalue weighted by Crippen LogP contribution is 2.45. The zero-order chi connectivity index (χ0) is 23.2. The quantitative estimate of drug-likeness (QED) is 0.642. The third kappa shape index (κ3) is 3.62. The lowest BCUT2D eigenvalue weighted by molar-refractivity contribution is 0.0693. The fraction of sp³-hybridized carbons (Fsp3) is 0.333. The van der Waals surface area contributed by atoms with Gasteiger partial charge >= 0.3 is 5.97 Å². The van der Waals surface area contributed by atoms with Crippen LogP contribution in [0, 0.1) is 5.41 Å². The van der Waals surface area contributed by atoms with Gasteiger partial charge in [0.05, 0.1) is 12.8 Å². The smallest absolute Gasteiger partial charge is 0.341 e. The normalized spacial score (nSPS) is 15.0. The second-order valence-corrected chi connectivity index (χ2v) is 8.99. The largest absolute Gasteiger partial charge is 0.496 e. The molecule has 1 unspecified atom stereocenters. The standard InChI is InChI=1S/C24H26N4O4/c1-24(2,3)21-7-13-6-16(14-10-26-23(25-4)27-11-14)20(32-5)8-15(13)18-9-19(29)17(22(30)31)12-28(18)21/h6,8-12,21H,7H2,1-5H3,(H,30,31)(H,25,26,27). The molecule has 1 aliphatic rings. The van der Waals surface area contributed by atoms with Gasteiger partial charge in [0.15, 0.2) is 5.43 Å². The van der Waals surface area contributed by atoms with Crippen LogP contribution in [-0.4, -0.2) is 39.8 Å². The van der Waals surface area contributed by atoms with Gasteiger partial charge < -0.3 is 19.7 Å². The molecule has 8 nitrogen and oxygen atoms in total. The Morgan fingerprint density at radius 2 is 1.88 bits per heavy atom. The van der Waals surface area contributed by atoms with Crippen molar-refractivity contribution in [1.82, 2.24) is 14.5 Å². The van der Waals surface area contributed by atoms with Crippen molar-refractivity contribution in [2.75, 3.05) is 19.5 Å². The van der Waals surface area contributed by atoms with Crippen LogP contribution in [-0.2, 0) is 6.42 Å². The van der Waals surface area contributed by atoms with Crippen LogP contribution < -0.4 is 15.5 Å². The van der Waals surface area contributed by atoms with Crippen LogP contribution in [0.4, 0.5) is 5.95 Å². The van der Waals surface area contributed by atoms with Crippen molar-refractivity contribution in [2.45, 2.75) is 33.2 Å². The van der Waals surface area contributed by atoms with Gasteiger partial charge in [-0.2, -0.15) is 0 Å². The maximum Gasteiger partial charge on any atom is 0.341 e. The number of aromatic nitrogens is 3. The van der Waals surface area contributed by atoms with Crippen molar-refractivity contribution in [3.8, 4) is 28.1 Å². The molecule has 3 heterocycles. The molecule has 0 fully saturated rings. The van der Waals surface area contributed by atoms with Gasteiger partial charge in [0.25, 0.3) is 0 Å². The van der Waals surface area contributed by atoms with E-state index in [0.29, 0.717) is 23.8 Å². The van der Waals surface area contributed by atoms with Crippen LogP contribution in [0.15, 0.2) is 41.6 Å². The summed E-state index contributed by atoms with van der Waals surface area (Å²) in [5, 5.41) is 12.4. The number of carbonyl (C=O) groups is 1. The molecule has 0 saturated carbocycles. The second kappa shape index (κ2) is 7.78. The number of aromatic carboxylic acids is 1. The van der Waals surface area contributed by atoms with Crippen LogP contribution >= 0.6 is 0 Å². The van der Waals surface area contributed by atoms with E-state index >= 15 is 0 Å². The minimum absolute atomic E-state index is 0.0344. The Kier molecular flexibility index (Phi) is 5.24. The minimum atomic E-state index is -1.22. The maximum absolute atomic E-state index is 12.6. The van der Waals surface area contributed by atoms with Gasteiger partial charge in [0.2, 0.25) is 5.95 Å². The third-order valence-electron chi connectivity index (χ3n) is 5.95. The van der Waals surface area contributed by atoms with Gasteiger partial charge in [-0.05, 0) is 29.5 Å². The number of fused-ring (bicyclic) bond motifs is 3. The minimum Gasteiger partial charge on any atom is -0.496 e. The van der Waals surface area contributed by atoms with Gasteiger partial charge in [-0.1, -0.05) is 20.8 Å². The molecule has 1 atom stereocenters. The van der Waals surface area contributed by atoms with Crippen molar-refractivity contribution < 1.29 is 14.6 Å². The van der Waals surface area contributed by atoms with Crippen LogP contribution in [0.5, 0.6) is 5.75 Å². The first-order chi connectivity index (χ1) is 15.1. The Bertz CT molecular complexity index is 1260. The lowest BCUT2D eigenvalue weighted by atomic mass is 9.78. The van der Waals surface area contributed by atoms with E-state index in [1.807, 2.05) is 10.6 Å². The molecule has 1 aliphatic heterocycles. The van der Waals surface area contributed by atoms with Crippen molar-refractivity contribution in [3.05, 3.63) is 58.1 Å². The number of hydrogen-bond acceptors (Lipinski definition) is 6. The number of ether oxygens (including phenoxy) is 1. The summed E-state index contributed by atoms with van der Waals surface area (Å²) in [6.45, 7) is 6.33. The monoisotopic (exact) mass is 434 g/mol. The molecule has 8 heteroatoms. The van der Waals surface area contributed by atoms with Crippen molar-refractivity contribution in [1.29, 1.82) is 0 Å². The van der Waals surface area contributed by atoms with E-state index in [0.717, 1.165) is 22.3 Å². The van der Waals surface area contributed by atoms with E-state index < -0.39 is 11.4 Å². The Balaban J connectivity index is 1.96. The molecule has 4 rings (SSSR count). The number of rotatable bonds is 4. The fourth-order valence-corrected chi connectivity index (χ4v) is 4.24. The van der Waals surface area contributed by atoms with E-state index in [1.54, 1.807) is 26.6 Å². The first-order valence-electron chi connectivity index (χ1n) is 10.3. The third-order valence-corrected chi connectivity index (χ3v) is 5.95. The number of carboxylic acid groups (broad SMARTS) is 1. The predicted molar refractivity (Wildman–Crippen MR) is 122 cm³/mol. The topological polar surface area (TPSA) is 106 Å². The molecule has 32 heavy (non-hydrogen) atoms. The number of pyridine rings is 1. The molecule has 1 aromatic carbocycles. The summed E-state index contributed by atoms with van der Waals surface area (Å²) < 4.78 is 7.60. The molecule has 2 N–H and O–H groups in total. The lowest BCUT2D eigenvalue weighted by Crippen LogP contribution is -2.32. The van der Waals surface area contributed by atoms with Crippen molar-refractivity contribution in [3.63, 3.8) is 0 Å². The summed E-state index contributed by atoms with van der Waals surface area (Å²) in [6.07, 6.45) is 5.64. The van der Waals surface area contributed by atoms with E-state index in [1.165, 1.54) is 12.3 Å². The van der Waals surface area contributed by atoms with E-state index in [-0.39, 0.29) is 17.0 Å². The molecule has 166 valence electrons. The molecule has 0 bridgehead atoms. The zero-order valence-electron chi connectivity index (χ0n) is 18.8. The Labute approximate surface area is 185 Å². The molecule has 0 spiro atoms. The lowest BCUT2D eigenvalue weighted by Gasteiger charge is -2.39. The van der Waals surface area contributed by atoms with Crippen molar-refractivity contribution >= 4 is 11.9 Å². The number of nitrogens with zero attached hydrogens (tertiary/aromatic N) is 3.